The van der Waals surface area contributed by atoms with Crippen molar-refractivity contribution in [3.05, 3.63) is 0 Å². The Labute approximate surface area is 95.6 Å². The molecule has 0 aromatic carbocycles. The van der Waals surface area contributed by atoms with Crippen LogP contribution in [-0.4, -0.2) is 23.0 Å². The SMILES string of the molecule is CCCC(C#N)NC(=O)C1CCCCS1. The molecule has 1 N–H and O–H groups in total. The summed E-state index contributed by atoms with van der Waals surface area (Å²) < 4.78 is 0. The van der Waals surface area contributed by atoms with Crippen molar-refractivity contribution < 1.29 is 4.79 Å². The fourth-order valence-electron chi connectivity index (χ4n) is 1.67. The Morgan fingerprint density at radius 2 is 2.47 bits per heavy atom. The monoisotopic (exact) mass is 226 g/mol. The number of hydrogen-bond acceptors (Lipinski definition) is 3. The van der Waals surface area contributed by atoms with Crippen molar-refractivity contribution in [2.45, 2.75) is 50.3 Å². The first kappa shape index (κ1) is 12.4. The minimum absolute atomic E-state index is 0.0553. The highest BCUT2D eigenvalue weighted by atomic mass is 32.2. The van der Waals surface area contributed by atoms with Gasteiger partial charge in [0.05, 0.1) is 11.3 Å². The van der Waals surface area contributed by atoms with E-state index in [0.717, 1.165) is 31.4 Å². The molecule has 2 unspecified atom stereocenters. The zero-order valence-corrected chi connectivity index (χ0v) is 9.98. The average Bonchev–Trinajstić information content (AvgIpc) is 2.29. The molecule has 0 aromatic rings. The summed E-state index contributed by atoms with van der Waals surface area (Å²) in [6, 6.07) is 1.83. The first-order valence-electron chi connectivity index (χ1n) is 5.59. The zero-order valence-electron chi connectivity index (χ0n) is 9.16. The smallest absolute Gasteiger partial charge is 0.234 e. The Morgan fingerprint density at radius 1 is 1.67 bits per heavy atom. The van der Waals surface area contributed by atoms with Crippen molar-refractivity contribution in [1.82, 2.24) is 5.32 Å². The second-order valence-electron chi connectivity index (χ2n) is 3.83. The Kier molecular flexibility index (Phi) is 5.56. The van der Waals surface area contributed by atoms with Gasteiger partial charge in [0.15, 0.2) is 0 Å². The van der Waals surface area contributed by atoms with Gasteiger partial charge in [-0.1, -0.05) is 19.8 Å². The molecule has 84 valence electrons. The lowest BCUT2D eigenvalue weighted by Gasteiger charge is -2.21. The number of nitriles is 1. The zero-order chi connectivity index (χ0) is 11.1. The third kappa shape index (κ3) is 4.13. The molecule has 1 aliphatic rings. The third-order valence-corrected chi connectivity index (χ3v) is 3.90. The van der Waals surface area contributed by atoms with E-state index >= 15 is 0 Å². The van der Waals surface area contributed by atoms with Crippen LogP contribution in [0, 0.1) is 11.3 Å². The lowest BCUT2D eigenvalue weighted by atomic mass is 10.1. The van der Waals surface area contributed by atoms with Gasteiger partial charge >= 0.3 is 0 Å². The van der Waals surface area contributed by atoms with E-state index in [2.05, 4.69) is 11.4 Å². The summed E-state index contributed by atoms with van der Waals surface area (Å²) in [5.74, 6) is 1.13. The van der Waals surface area contributed by atoms with E-state index in [4.69, 9.17) is 5.26 Å². The third-order valence-electron chi connectivity index (χ3n) is 2.52. The normalized spacial score (nSPS) is 22.8. The van der Waals surface area contributed by atoms with Gasteiger partial charge < -0.3 is 5.32 Å². The number of rotatable bonds is 4. The van der Waals surface area contributed by atoms with Crippen LogP contribution in [0.5, 0.6) is 0 Å². The number of nitrogens with one attached hydrogen (secondary N) is 1. The van der Waals surface area contributed by atoms with E-state index < -0.39 is 0 Å². The molecular weight excluding hydrogens is 208 g/mol. The number of thioether (sulfide) groups is 1. The van der Waals surface area contributed by atoms with Gasteiger partial charge in [0.25, 0.3) is 0 Å². The van der Waals surface area contributed by atoms with E-state index in [0.29, 0.717) is 0 Å². The quantitative estimate of drug-likeness (QED) is 0.798. The van der Waals surface area contributed by atoms with Crippen LogP contribution in [0.2, 0.25) is 0 Å². The largest absolute Gasteiger partial charge is 0.339 e. The van der Waals surface area contributed by atoms with Crippen LogP contribution in [0.1, 0.15) is 39.0 Å². The van der Waals surface area contributed by atoms with Crippen LogP contribution in [0.25, 0.3) is 0 Å². The molecule has 0 bridgehead atoms. The lowest BCUT2D eigenvalue weighted by molar-refractivity contribution is -0.121. The number of hydrogen-bond donors (Lipinski definition) is 1. The van der Waals surface area contributed by atoms with Crippen molar-refractivity contribution in [3.8, 4) is 6.07 Å². The summed E-state index contributed by atoms with van der Waals surface area (Å²) in [6.07, 6.45) is 4.98. The van der Waals surface area contributed by atoms with Crippen molar-refractivity contribution in [2.75, 3.05) is 5.75 Å². The van der Waals surface area contributed by atoms with Gasteiger partial charge in [-0.05, 0) is 25.0 Å². The molecule has 3 nitrogen and oxygen atoms in total. The van der Waals surface area contributed by atoms with Gasteiger partial charge in [0, 0.05) is 0 Å². The molecule has 1 amide bonds. The Hall–Kier alpha value is -0.690. The minimum Gasteiger partial charge on any atom is -0.339 e. The number of carbonyl (C=O) groups is 1. The summed E-state index contributed by atoms with van der Waals surface area (Å²) in [7, 11) is 0. The first-order valence-corrected chi connectivity index (χ1v) is 6.64. The highest BCUT2D eigenvalue weighted by molar-refractivity contribution is 8.00. The van der Waals surface area contributed by atoms with Gasteiger partial charge in [-0.2, -0.15) is 5.26 Å². The van der Waals surface area contributed by atoms with Crippen LogP contribution in [-0.2, 0) is 4.79 Å². The van der Waals surface area contributed by atoms with Gasteiger partial charge in [0.2, 0.25) is 5.91 Å². The van der Waals surface area contributed by atoms with Crippen molar-refractivity contribution in [1.29, 1.82) is 5.26 Å². The molecule has 2 atom stereocenters. The molecule has 4 heteroatoms. The van der Waals surface area contributed by atoms with E-state index in [-0.39, 0.29) is 17.2 Å². The number of carbonyl (C=O) groups excluding carboxylic acids is 1. The van der Waals surface area contributed by atoms with Crippen molar-refractivity contribution >= 4 is 17.7 Å². The number of amides is 1. The van der Waals surface area contributed by atoms with Crippen LogP contribution in [0.15, 0.2) is 0 Å². The molecule has 1 fully saturated rings. The molecule has 0 saturated carbocycles. The van der Waals surface area contributed by atoms with Crippen LogP contribution in [0.4, 0.5) is 0 Å². The molecule has 1 heterocycles. The van der Waals surface area contributed by atoms with Crippen molar-refractivity contribution in [3.63, 3.8) is 0 Å². The topological polar surface area (TPSA) is 52.9 Å². The average molecular weight is 226 g/mol. The van der Waals surface area contributed by atoms with E-state index in [1.165, 1.54) is 6.42 Å². The van der Waals surface area contributed by atoms with Crippen LogP contribution >= 0.6 is 11.8 Å². The molecule has 0 aliphatic carbocycles. The first-order chi connectivity index (χ1) is 7.27. The minimum atomic E-state index is -0.301. The van der Waals surface area contributed by atoms with Gasteiger partial charge in [0.1, 0.15) is 6.04 Å². The summed E-state index contributed by atoms with van der Waals surface area (Å²) in [6.45, 7) is 2.02. The standard InChI is InChI=1S/C11H18N2OS/c1-2-5-9(8-12)13-11(14)10-6-3-4-7-15-10/h9-10H,2-7H2,1H3,(H,13,14). The Bertz CT molecular complexity index is 243. The molecule has 1 rings (SSSR count). The molecule has 0 spiro atoms. The molecule has 1 saturated heterocycles. The van der Waals surface area contributed by atoms with E-state index in [1.54, 1.807) is 11.8 Å². The molecule has 1 aliphatic heterocycles. The van der Waals surface area contributed by atoms with E-state index in [9.17, 15) is 4.79 Å². The summed E-state index contributed by atoms with van der Waals surface area (Å²) >= 11 is 1.72. The fourth-order valence-corrected chi connectivity index (χ4v) is 2.88. The summed E-state index contributed by atoms with van der Waals surface area (Å²) in [4.78, 5) is 11.8. The van der Waals surface area contributed by atoms with E-state index in [1.807, 2.05) is 6.92 Å². The number of nitrogens with zero attached hydrogens (tertiary/aromatic N) is 1. The van der Waals surface area contributed by atoms with Gasteiger partial charge in [-0.15, -0.1) is 11.8 Å². The second kappa shape index (κ2) is 6.73. The lowest BCUT2D eigenvalue weighted by Crippen LogP contribution is -2.40. The highest BCUT2D eigenvalue weighted by Crippen LogP contribution is 2.25. The maximum atomic E-state index is 11.8. The van der Waals surface area contributed by atoms with Crippen molar-refractivity contribution in [2.24, 2.45) is 0 Å². The fraction of sp³-hybridized carbons (Fsp3) is 0.818. The van der Waals surface area contributed by atoms with Crippen LogP contribution < -0.4 is 5.32 Å². The summed E-state index contributed by atoms with van der Waals surface area (Å²) in [5.41, 5.74) is 0. The van der Waals surface area contributed by atoms with Gasteiger partial charge in [-0.3, -0.25) is 4.79 Å². The predicted octanol–water partition coefficient (Wildman–Crippen LogP) is 2.08. The second-order valence-corrected chi connectivity index (χ2v) is 5.14. The Balaban J connectivity index is 2.36. The molecule has 0 radical (unpaired) electrons. The molecule has 15 heavy (non-hydrogen) atoms. The molecular formula is C11H18N2OS. The Morgan fingerprint density at radius 3 is 3.00 bits per heavy atom. The maximum absolute atomic E-state index is 11.8. The maximum Gasteiger partial charge on any atom is 0.234 e. The predicted molar refractivity (Wildman–Crippen MR) is 62.5 cm³/mol. The van der Waals surface area contributed by atoms with Gasteiger partial charge in [-0.25, -0.2) is 0 Å². The summed E-state index contributed by atoms with van der Waals surface area (Å²) in [5, 5.41) is 11.7. The van der Waals surface area contributed by atoms with Crippen LogP contribution in [0.3, 0.4) is 0 Å². The highest BCUT2D eigenvalue weighted by Gasteiger charge is 2.23. The molecule has 0 aromatic heterocycles.